The summed E-state index contributed by atoms with van der Waals surface area (Å²) in [5.74, 6) is -2.14. The SMILES string of the molecule is CCCN(CCC)C(=O)c1cc(C)cc(C(=O)N[C@@H](Cc2cc(F)cc(F)c2)[C@H](O)CNCc2cccc(CCCCC#N)c2)c1. The highest BCUT2D eigenvalue weighted by Gasteiger charge is 2.24. The Balaban J connectivity index is 1.75. The number of nitrogens with zero attached hydrogens (tertiary/aromatic N) is 2. The lowest BCUT2D eigenvalue weighted by Gasteiger charge is -2.25. The van der Waals surface area contributed by atoms with Crippen LogP contribution in [0.15, 0.2) is 60.7 Å². The zero-order chi connectivity index (χ0) is 33.5. The predicted molar refractivity (Wildman–Crippen MR) is 176 cm³/mol. The molecule has 0 heterocycles. The van der Waals surface area contributed by atoms with Crippen LogP contribution in [-0.2, 0) is 19.4 Å². The van der Waals surface area contributed by atoms with Gasteiger partial charge in [-0.2, -0.15) is 5.26 Å². The van der Waals surface area contributed by atoms with E-state index in [4.69, 9.17) is 5.26 Å². The zero-order valence-electron chi connectivity index (χ0n) is 27.1. The van der Waals surface area contributed by atoms with E-state index in [2.05, 4.69) is 22.8 Å². The van der Waals surface area contributed by atoms with Gasteiger partial charge in [-0.25, -0.2) is 8.78 Å². The average molecular weight is 633 g/mol. The maximum atomic E-state index is 14.0. The van der Waals surface area contributed by atoms with Gasteiger partial charge in [-0.3, -0.25) is 9.59 Å². The van der Waals surface area contributed by atoms with Gasteiger partial charge in [0.15, 0.2) is 0 Å². The molecule has 0 aromatic heterocycles. The predicted octanol–water partition coefficient (Wildman–Crippen LogP) is 6.26. The Morgan fingerprint density at radius 1 is 0.913 bits per heavy atom. The number of aliphatic hydroxyl groups is 1. The second-order valence-electron chi connectivity index (χ2n) is 11.8. The molecule has 0 saturated heterocycles. The number of carbonyl (C=O) groups is 2. The molecular formula is C37H46F2N4O3. The second-order valence-corrected chi connectivity index (χ2v) is 11.8. The molecule has 0 spiro atoms. The van der Waals surface area contributed by atoms with E-state index in [1.165, 1.54) is 17.7 Å². The van der Waals surface area contributed by atoms with E-state index in [9.17, 15) is 23.5 Å². The number of benzene rings is 3. The van der Waals surface area contributed by atoms with Crippen molar-refractivity contribution in [1.29, 1.82) is 5.26 Å². The topological polar surface area (TPSA) is 105 Å². The maximum absolute atomic E-state index is 14.0. The van der Waals surface area contributed by atoms with E-state index in [1.54, 1.807) is 23.1 Å². The highest BCUT2D eigenvalue weighted by molar-refractivity contribution is 6.00. The van der Waals surface area contributed by atoms with E-state index in [-0.39, 0.29) is 24.4 Å². The first-order chi connectivity index (χ1) is 22.1. The number of unbranched alkanes of at least 4 members (excludes halogenated alkanes) is 2. The van der Waals surface area contributed by atoms with Crippen LogP contribution in [0.1, 0.15) is 88.9 Å². The fraction of sp³-hybridized carbons (Fsp3) is 0.432. The molecule has 0 aliphatic heterocycles. The van der Waals surface area contributed by atoms with Crippen molar-refractivity contribution in [2.75, 3.05) is 19.6 Å². The summed E-state index contributed by atoms with van der Waals surface area (Å²) < 4.78 is 28.1. The Morgan fingerprint density at radius 3 is 2.26 bits per heavy atom. The number of rotatable bonds is 18. The summed E-state index contributed by atoms with van der Waals surface area (Å²) in [7, 11) is 0. The fourth-order valence-corrected chi connectivity index (χ4v) is 5.53. The molecule has 0 bridgehead atoms. The fourth-order valence-electron chi connectivity index (χ4n) is 5.53. The standard InChI is InChI=1S/C37H46F2N4O3/c1-4-14-43(15-5-2)37(46)31-17-26(3)16-30(22-31)36(45)42-34(21-29-19-32(38)23-33(39)20-29)35(44)25-41-24-28-12-9-11-27(18-28)10-7-6-8-13-40/h9,11-12,16-20,22-23,34-35,41,44H,4-8,10,14-15,21,24-25H2,1-3H3,(H,42,45)/t34-,35+/m0/s1. The van der Waals surface area contributed by atoms with Gasteiger partial charge < -0.3 is 20.6 Å². The van der Waals surface area contributed by atoms with Gasteiger partial charge in [0, 0.05) is 49.8 Å². The van der Waals surface area contributed by atoms with Crippen molar-refractivity contribution in [2.24, 2.45) is 0 Å². The molecule has 2 atom stereocenters. The van der Waals surface area contributed by atoms with E-state index >= 15 is 0 Å². The summed E-state index contributed by atoms with van der Waals surface area (Å²) in [5, 5.41) is 26.1. The molecule has 3 aromatic carbocycles. The molecule has 0 saturated carbocycles. The summed E-state index contributed by atoms with van der Waals surface area (Å²) in [6.07, 6.45) is 3.71. The first-order valence-electron chi connectivity index (χ1n) is 16.1. The van der Waals surface area contributed by atoms with Gasteiger partial charge in [0.25, 0.3) is 11.8 Å². The Hall–Kier alpha value is -4.13. The van der Waals surface area contributed by atoms with Gasteiger partial charge >= 0.3 is 0 Å². The van der Waals surface area contributed by atoms with E-state index < -0.39 is 29.7 Å². The van der Waals surface area contributed by atoms with Crippen LogP contribution in [0.5, 0.6) is 0 Å². The molecule has 3 rings (SSSR count). The third-order valence-corrected chi connectivity index (χ3v) is 7.70. The lowest BCUT2D eigenvalue weighted by molar-refractivity contribution is 0.0755. The third kappa shape index (κ3) is 11.7. The average Bonchev–Trinajstić information content (AvgIpc) is 3.01. The monoisotopic (exact) mass is 632 g/mol. The van der Waals surface area contributed by atoms with Gasteiger partial charge in [0.2, 0.25) is 0 Å². The molecule has 9 heteroatoms. The molecule has 0 fully saturated rings. The number of hydrogen-bond acceptors (Lipinski definition) is 5. The summed E-state index contributed by atoms with van der Waals surface area (Å²) >= 11 is 0. The highest BCUT2D eigenvalue weighted by Crippen LogP contribution is 2.16. The van der Waals surface area contributed by atoms with Crippen LogP contribution in [0.25, 0.3) is 0 Å². The molecule has 3 N–H and O–H groups in total. The van der Waals surface area contributed by atoms with Crippen LogP contribution in [0, 0.1) is 29.9 Å². The number of carbonyl (C=O) groups excluding carboxylic acids is 2. The first kappa shape index (κ1) is 36.3. The molecule has 0 unspecified atom stereocenters. The first-order valence-corrected chi connectivity index (χ1v) is 16.1. The molecule has 46 heavy (non-hydrogen) atoms. The number of nitriles is 1. The van der Waals surface area contributed by atoms with Crippen LogP contribution in [0.2, 0.25) is 0 Å². The minimum Gasteiger partial charge on any atom is -0.390 e. The Bertz CT molecular complexity index is 1460. The van der Waals surface area contributed by atoms with E-state index in [0.29, 0.717) is 37.2 Å². The van der Waals surface area contributed by atoms with Crippen molar-refractivity contribution in [2.45, 2.75) is 84.4 Å². The lowest BCUT2D eigenvalue weighted by Crippen LogP contribution is -2.48. The van der Waals surface area contributed by atoms with Crippen LogP contribution < -0.4 is 10.6 Å². The largest absolute Gasteiger partial charge is 0.390 e. The van der Waals surface area contributed by atoms with Gasteiger partial charge in [-0.15, -0.1) is 0 Å². The number of halogens is 2. The molecule has 2 amide bonds. The molecule has 3 aromatic rings. The van der Waals surface area contributed by atoms with Gasteiger partial charge in [0.05, 0.1) is 18.2 Å². The molecule has 0 radical (unpaired) electrons. The quantitative estimate of drug-likeness (QED) is 0.144. The molecule has 0 aliphatic rings. The van der Waals surface area contributed by atoms with Gasteiger partial charge in [-0.1, -0.05) is 38.1 Å². The number of nitrogens with one attached hydrogen (secondary N) is 2. The normalized spacial score (nSPS) is 12.3. The van der Waals surface area contributed by atoms with Crippen molar-refractivity contribution in [3.05, 3.63) is 106 Å². The van der Waals surface area contributed by atoms with Crippen molar-refractivity contribution in [1.82, 2.24) is 15.5 Å². The number of hydrogen-bond donors (Lipinski definition) is 3. The van der Waals surface area contributed by atoms with Crippen molar-refractivity contribution < 1.29 is 23.5 Å². The second kappa shape index (κ2) is 18.7. The minimum absolute atomic E-state index is 0.0141. The Morgan fingerprint density at radius 2 is 1.59 bits per heavy atom. The van der Waals surface area contributed by atoms with Crippen molar-refractivity contribution in [3.63, 3.8) is 0 Å². The zero-order valence-corrected chi connectivity index (χ0v) is 27.1. The lowest BCUT2D eigenvalue weighted by atomic mass is 9.99. The summed E-state index contributed by atoms with van der Waals surface area (Å²) in [6.45, 7) is 7.62. The van der Waals surface area contributed by atoms with E-state index in [0.717, 1.165) is 49.3 Å². The summed E-state index contributed by atoms with van der Waals surface area (Å²) in [5.41, 5.74) is 3.89. The van der Waals surface area contributed by atoms with Crippen LogP contribution in [0.4, 0.5) is 8.78 Å². The molecular weight excluding hydrogens is 586 g/mol. The maximum Gasteiger partial charge on any atom is 0.253 e. The summed E-state index contributed by atoms with van der Waals surface area (Å²) in [6, 6.07) is 17.5. The van der Waals surface area contributed by atoms with Gasteiger partial charge in [-0.05, 0) is 98.0 Å². The van der Waals surface area contributed by atoms with Gasteiger partial charge in [0.1, 0.15) is 11.6 Å². The van der Waals surface area contributed by atoms with E-state index in [1.807, 2.05) is 39.0 Å². The highest BCUT2D eigenvalue weighted by atomic mass is 19.1. The van der Waals surface area contributed by atoms with Crippen LogP contribution in [0.3, 0.4) is 0 Å². The summed E-state index contributed by atoms with van der Waals surface area (Å²) in [4.78, 5) is 28.6. The Kier molecular flexibility index (Phi) is 14.8. The van der Waals surface area contributed by atoms with Crippen molar-refractivity contribution >= 4 is 11.8 Å². The third-order valence-electron chi connectivity index (χ3n) is 7.70. The van der Waals surface area contributed by atoms with Crippen molar-refractivity contribution in [3.8, 4) is 6.07 Å². The molecule has 0 aliphatic carbocycles. The molecule has 7 nitrogen and oxygen atoms in total. The minimum atomic E-state index is -1.10. The van der Waals surface area contributed by atoms with Crippen LogP contribution >= 0.6 is 0 Å². The Labute approximate surface area is 271 Å². The number of amides is 2. The van der Waals surface area contributed by atoms with Crippen LogP contribution in [-0.4, -0.2) is 53.6 Å². The number of aryl methyl sites for hydroxylation is 2. The smallest absolute Gasteiger partial charge is 0.253 e. The molecule has 246 valence electrons. The number of aliphatic hydroxyl groups excluding tert-OH is 1.